The van der Waals surface area contributed by atoms with Gasteiger partial charge in [-0.05, 0) is 25.1 Å². The highest BCUT2D eigenvalue weighted by Gasteiger charge is 2.20. The average Bonchev–Trinajstić information content (AvgIpc) is 2.85. The molecule has 1 aromatic carbocycles. The molecule has 2 rings (SSSR count). The second-order valence-corrected chi connectivity index (χ2v) is 4.64. The summed E-state index contributed by atoms with van der Waals surface area (Å²) in [5.74, 6) is -1.11. The lowest BCUT2D eigenvalue weighted by molar-refractivity contribution is 0.497. The van der Waals surface area contributed by atoms with Gasteiger partial charge in [0.05, 0.1) is 11.7 Å². The van der Waals surface area contributed by atoms with Crippen molar-refractivity contribution < 1.29 is 8.78 Å². The van der Waals surface area contributed by atoms with Crippen LogP contribution in [0.15, 0.2) is 30.5 Å². The molecule has 0 spiro atoms. The largest absolute Gasteiger partial charge is 0.305 e. The second-order valence-electron chi connectivity index (χ2n) is 4.64. The van der Waals surface area contributed by atoms with Crippen molar-refractivity contribution in [1.29, 1.82) is 0 Å². The highest BCUT2D eigenvalue weighted by molar-refractivity contribution is 5.29. The first-order chi connectivity index (χ1) is 9.67. The zero-order chi connectivity index (χ0) is 14.5. The van der Waals surface area contributed by atoms with Crippen molar-refractivity contribution in [3.63, 3.8) is 0 Å². The van der Waals surface area contributed by atoms with Gasteiger partial charge in [-0.3, -0.25) is 4.68 Å². The summed E-state index contributed by atoms with van der Waals surface area (Å²) in [6, 6.07) is 5.23. The number of hydrogen-bond acceptors (Lipinski definition) is 2. The van der Waals surface area contributed by atoms with Crippen molar-refractivity contribution in [3.05, 3.63) is 53.4 Å². The van der Waals surface area contributed by atoms with E-state index in [0.29, 0.717) is 12.1 Å². The zero-order valence-electron chi connectivity index (χ0n) is 11.7. The first-order valence-electron chi connectivity index (χ1n) is 6.87. The van der Waals surface area contributed by atoms with E-state index in [1.165, 1.54) is 12.1 Å². The Morgan fingerprint density at radius 1 is 1.25 bits per heavy atom. The lowest BCUT2D eigenvalue weighted by atomic mass is 10.0. The van der Waals surface area contributed by atoms with Crippen LogP contribution in [0.4, 0.5) is 8.78 Å². The average molecular weight is 279 g/mol. The van der Waals surface area contributed by atoms with E-state index < -0.39 is 11.6 Å². The van der Waals surface area contributed by atoms with Crippen molar-refractivity contribution in [2.75, 3.05) is 6.54 Å². The van der Waals surface area contributed by atoms with Crippen LogP contribution in [0.2, 0.25) is 0 Å². The van der Waals surface area contributed by atoms with E-state index in [9.17, 15) is 8.78 Å². The van der Waals surface area contributed by atoms with Crippen molar-refractivity contribution in [1.82, 2.24) is 15.1 Å². The van der Waals surface area contributed by atoms with E-state index in [2.05, 4.69) is 17.3 Å². The van der Waals surface area contributed by atoms with Crippen LogP contribution in [0, 0.1) is 11.6 Å². The number of nitrogens with zero attached hydrogens (tertiary/aromatic N) is 2. The summed E-state index contributed by atoms with van der Waals surface area (Å²) < 4.78 is 28.9. The Morgan fingerprint density at radius 2 is 2.05 bits per heavy atom. The van der Waals surface area contributed by atoms with Crippen LogP contribution in [-0.2, 0) is 6.54 Å². The number of nitrogens with one attached hydrogen (secondary N) is 1. The monoisotopic (exact) mass is 279 g/mol. The van der Waals surface area contributed by atoms with E-state index in [1.807, 2.05) is 17.7 Å². The van der Waals surface area contributed by atoms with Gasteiger partial charge in [0, 0.05) is 24.4 Å². The van der Waals surface area contributed by atoms with Gasteiger partial charge in [0.25, 0.3) is 0 Å². The molecule has 2 aromatic rings. The Hall–Kier alpha value is -1.75. The molecular formula is C15H19F2N3. The van der Waals surface area contributed by atoms with Gasteiger partial charge < -0.3 is 5.32 Å². The highest BCUT2D eigenvalue weighted by Crippen LogP contribution is 2.25. The number of halogens is 2. The fraction of sp³-hybridized carbons (Fsp3) is 0.400. The van der Waals surface area contributed by atoms with Crippen LogP contribution in [0.25, 0.3) is 0 Å². The normalized spacial score (nSPS) is 12.6. The summed E-state index contributed by atoms with van der Waals surface area (Å²) in [5, 5.41) is 7.50. The number of benzene rings is 1. The maximum atomic E-state index is 14.0. The Labute approximate surface area is 117 Å². The molecule has 0 amide bonds. The third-order valence-electron chi connectivity index (χ3n) is 3.16. The van der Waals surface area contributed by atoms with Gasteiger partial charge in [-0.2, -0.15) is 5.10 Å². The number of aryl methyl sites for hydroxylation is 1. The molecule has 1 unspecified atom stereocenters. The van der Waals surface area contributed by atoms with E-state index >= 15 is 0 Å². The molecule has 0 radical (unpaired) electrons. The molecule has 108 valence electrons. The maximum Gasteiger partial charge on any atom is 0.131 e. The van der Waals surface area contributed by atoms with Crippen LogP contribution >= 0.6 is 0 Å². The van der Waals surface area contributed by atoms with Crippen LogP contribution < -0.4 is 5.32 Å². The minimum atomic E-state index is -0.566. The fourth-order valence-corrected chi connectivity index (χ4v) is 2.30. The van der Waals surface area contributed by atoms with Crippen molar-refractivity contribution >= 4 is 0 Å². The predicted octanol–water partition coefficient (Wildman–Crippen LogP) is 3.27. The summed E-state index contributed by atoms with van der Waals surface area (Å²) >= 11 is 0. The first-order valence-corrected chi connectivity index (χ1v) is 6.87. The lowest BCUT2D eigenvalue weighted by Gasteiger charge is -2.20. The van der Waals surface area contributed by atoms with Crippen LogP contribution in [0.3, 0.4) is 0 Å². The molecule has 0 saturated heterocycles. The standard InChI is InChI=1S/C15H19F2N3/c1-3-9-20-14(7-8-19-20)15(18-4-2)12-6-5-11(16)10-13(12)17/h5-8,10,15,18H,3-4,9H2,1-2H3. The molecule has 1 N–H and O–H groups in total. The van der Waals surface area contributed by atoms with E-state index in [4.69, 9.17) is 0 Å². The summed E-state index contributed by atoms with van der Waals surface area (Å²) in [6.45, 7) is 5.47. The quantitative estimate of drug-likeness (QED) is 0.879. The molecule has 0 aliphatic rings. The van der Waals surface area contributed by atoms with E-state index in [0.717, 1.165) is 24.7 Å². The second kappa shape index (κ2) is 6.61. The third kappa shape index (κ3) is 3.04. The molecule has 5 heteroatoms. The Balaban J connectivity index is 2.42. The molecule has 0 saturated carbocycles. The number of aromatic nitrogens is 2. The van der Waals surface area contributed by atoms with E-state index in [1.54, 1.807) is 6.20 Å². The van der Waals surface area contributed by atoms with Gasteiger partial charge in [0.15, 0.2) is 0 Å². The Bertz CT molecular complexity index is 566. The molecule has 20 heavy (non-hydrogen) atoms. The Kier molecular flexibility index (Phi) is 4.84. The van der Waals surface area contributed by atoms with Gasteiger partial charge in [0.2, 0.25) is 0 Å². The number of hydrogen-bond donors (Lipinski definition) is 1. The molecule has 0 aliphatic heterocycles. The molecule has 0 aliphatic carbocycles. The van der Waals surface area contributed by atoms with Gasteiger partial charge in [-0.15, -0.1) is 0 Å². The minimum absolute atomic E-state index is 0.324. The minimum Gasteiger partial charge on any atom is -0.305 e. The summed E-state index contributed by atoms with van der Waals surface area (Å²) in [4.78, 5) is 0. The lowest BCUT2D eigenvalue weighted by Crippen LogP contribution is -2.26. The van der Waals surface area contributed by atoms with Crippen molar-refractivity contribution in [2.45, 2.75) is 32.9 Å². The zero-order valence-corrected chi connectivity index (χ0v) is 11.7. The molecule has 3 nitrogen and oxygen atoms in total. The summed E-state index contributed by atoms with van der Waals surface area (Å²) in [5.41, 5.74) is 1.32. The number of rotatable bonds is 6. The van der Waals surface area contributed by atoms with Gasteiger partial charge >= 0.3 is 0 Å². The van der Waals surface area contributed by atoms with Crippen molar-refractivity contribution in [3.8, 4) is 0 Å². The van der Waals surface area contributed by atoms with Gasteiger partial charge in [-0.25, -0.2) is 8.78 Å². The third-order valence-corrected chi connectivity index (χ3v) is 3.16. The van der Waals surface area contributed by atoms with Gasteiger partial charge in [0.1, 0.15) is 11.6 Å². The fourth-order valence-electron chi connectivity index (χ4n) is 2.30. The molecule has 0 bridgehead atoms. The highest BCUT2D eigenvalue weighted by atomic mass is 19.1. The van der Waals surface area contributed by atoms with Crippen LogP contribution in [-0.4, -0.2) is 16.3 Å². The topological polar surface area (TPSA) is 29.9 Å². The first kappa shape index (κ1) is 14.7. The van der Waals surface area contributed by atoms with E-state index in [-0.39, 0.29) is 6.04 Å². The molecule has 1 aromatic heterocycles. The molecule has 1 atom stereocenters. The SMILES string of the molecule is CCCn1nccc1C(NCC)c1ccc(F)cc1F. The predicted molar refractivity (Wildman–Crippen MR) is 74.4 cm³/mol. The van der Waals surface area contributed by atoms with Crippen LogP contribution in [0.1, 0.15) is 37.6 Å². The molecule has 0 fully saturated rings. The van der Waals surface area contributed by atoms with Gasteiger partial charge in [-0.1, -0.05) is 19.9 Å². The summed E-state index contributed by atoms with van der Waals surface area (Å²) in [7, 11) is 0. The smallest absolute Gasteiger partial charge is 0.131 e. The van der Waals surface area contributed by atoms with Crippen LogP contribution in [0.5, 0.6) is 0 Å². The summed E-state index contributed by atoms with van der Waals surface area (Å²) in [6.07, 6.45) is 2.65. The van der Waals surface area contributed by atoms with Crippen molar-refractivity contribution in [2.24, 2.45) is 0 Å². The Morgan fingerprint density at radius 3 is 2.70 bits per heavy atom. The molecular weight excluding hydrogens is 260 g/mol. The molecule has 1 heterocycles. The maximum absolute atomic E-state index is 14.0.